The largest absolute Gasteiger partial charge is 0.504 e. The molecule has 0 aromatic carbocycles. The molecule has 0 aliphatic heterocycles. The van der Waals surface area contributed by atoms with Gasteiger partial charge in [-0.25, -0.2) is 15.0 Å². The van der Waals surface area contributed by atoms with Gasteiger partial charge in [0.1, 0.15) is 11.2 Å². The van der Waals surface area contributed by atoms with Crippen molar-refractivity contribution in [1.29, 1.82) is 0 Å². The first-order valence-electron chi connectivity index (χ1n) is 6.82. The molecular formula is C15H16N4OS. The highest BCUT2D eigenvalue weighted by Crippen LogP contribution is 2.38. The molecule has 1 aliphatic carbocycles. The fraction of sp³-hybridized carbons (Fsp3) is 0.267. The summed E-state index contributed by atoms with van der Waals surface area (Å²) in [4.78, 5) is 15.2. The lowest BCUT2D eigenvalue weighted by molar-refractivity contribution is 0.442. The molecule has 6 heteroatoms. The highest BCUT2D eigenvalue weighted by atomic mass is 32.1. The predicted octanol–water partition coefficient (Wildman–Crippen LogP) is 3.19. The SMILES string of the molecule is C=C/C=C(O)/C(N)=N/c1ncnc2sc3c(c12)CCCC3. The number of aryl methyl sites for hydroxylation is 2. The van der Waals surface area contributed by atoms with Crippen LogP contribution in [0.1, 0.15) is 23.3 Å². The Kier molecular flexibility index (Phi) is 3.70. The summed E-state index contributed by atoms with van der Waals surface area (Å²) in [7, 11) is 0. The molecule has 0 radical (unpaired) electrons. The van der Waals surface area contributed by atoms with Crippen molar-refractivity contribution in [3.8, 4) is 0 Å². The fourth-order valence-electron chi connectivity index (χ4n) is 2.53. The van der Waals surface area contributed by atoms with Crippen LogP contribution in [0.15, 0.2) is 35.8 Å². The number of thiophene rings is 1. The predicted molar refractivity (Wildman–Crippen MR) is 86.2 cm³/mol. The van der Waals surface area contributed by atoms with E-state index in [-0.39, 0.29) is 11.6 Å². The smallest absolute Gasteiger partial charge is 0.168 e. The number of rotatable bonds is 3. The summed E-state index contributed by atoms with van der Waals surface area (Å²) in [6.07, 6.45) is 8.87. The van der Waals surface area contributed by atoms with Crippen LogP contribution in [-0.4, -0.2) is 20.9 Å². The van der Waals surface area contributed by atoms with Crippen LogP contribution in [0.5, 0.6) is 0 Å². The Morgan fingerprint density at radius 3 is 3.00 bits per heavy atom. The second kappa shape index (κ2) is 5.65. The van der Waals surface area contributed by atoms with E-state index < -0.39 is 0 Å². The quantitative estimate of drug-likeness (QED) is 0.394. The number of amidine groups is 1. The average Bonchev–Trinajstić information content (AvgIpc) is 2.87. The molecule has 0 unspecified atom stereocenters. The molecule has 5 nitrogen and oxygen atoms in total. The van der Waals surface area contributed by atoms with Gasteiger partial charge in [0.05, 0.1) is 5.39 Å². The fourth-order valence-corrected chi connectivity index (χ4v) is 3.75. The Bertz CT molecular complexity index is 760. The van der Waals surface area contributed by atoms with E-state index in [9.17, 15) is 5.11 Å². The molecule has 0 atom stereocenters. The van der Waals surface area contributed by atoms with Gasteiger partial charge in [0.15, 0.2) is 17.4 Å². The second-order valence-corrected chi connectivity index (χ2v) is 5.96. The van der Waals surface area contributed by atoms with E-state index in [1.165, 1.54) is 41.8 Å². The number of nitrogens with zero attached hydrogens (tertiary/aromatic N) is 3. The van der Waals surface area contributed by atoms with Gasteiger partial charge in [0.2, 0.25) is 0 Å². The zero-order chi connectivity index (χ0) is 14.8. The number of aliphatic imine (C=N–C) groups is 1. The standard InChI is InChI=1S/C15H16N4OS/c1-2-5-10(20)13(16)19-14-12-9-6-3-4-7-11(9)21-15(12)18-8-17-14/h2,5,8,20H,1,3-4,6-7H2,(H2,16,17,18,19)/b10-5-. The van der Waals surface area contributed by atoms with Gasteiger partial charge in [-0.2, -0.15) is 0 Å². The summed E-state index contributed by atoms with van der Waals surface area (Å²) in [6.45, 7) is 3.52. The Morgan fingerprint density at radius 1 is 1.38 bits per heavy atom. The van der Waals surface area contributed by atoms with Crippen LogP contribution in [0.2, 0.25) is 0 Å². The molecule has 0 bridgehead atoms. The third-order valence-electron chi connectivity index (χ3n) is 3.50. The number of hydrogen-bond donors (Lipinski definition) is 2. The van der Waals surface area contributed by atoms with Crippen molar-refractivity contribution in [3.63, 3.8) is 0 Å². The molecule has 0 saturated heterocycles. The number of aliphatic hydroxyl groups excluding tert-OH is 1. The number of nitrogens with two attached hydrogens (primary N) is 1. The van der Waals surface area contributed by atoms with E-state index in [4.69, 9.17) is 5.73 Å². The van der Waals surface area contributed by atoms with Gasteiger partial charge < -0.3 is 10.8 Å². The lowest BCUT2D eigenvalue weighted by Crippen LogP contribution is -2.14. The van der Waals surface area contributed by atoms with Crippen LogP contribution in [0.4, 0.5) is 5.82 Å². The lowest BCUT2D eigenvalue weighted by Gasteiger charge is -2.10. The van der Waals surface area contributed by atoms with Gasteiger partial charge in [-0.3, -0.25) is 0 Å². The van der Waals surface area contributed by atoms with Crippen molar-refractivity contribution >= 4 is 33.2 Å². The Morgan fingerprint density at radius 2 is 2.19 bits per heavy atom. The normalized spacial score (nSPS) is 16.0. The molecular weight excluding hydrogens is 284 g/mol. The van der Waals surface area contributed by atoms with Crippen molar-refractivity contribution in [2.24, 2.45) is 10.7 Å². The van der Waals surface area contributed by atoms with Gasteiger partial charge in [-0.15, -0.1) is 11.3 Å². The Labute approximate surface area is 126 Å². The first-order valence-corrected chi connectivity index (χ1v) is 7.64. The van der Waals surface area contributed by atoms with Crippen molar-refractivity contribution in [3.05, 3.63) is 41.3 Å². The van der Waals surface area contributed by atoms with E-state index in [2.05, 4.69) is 21.5 Å². The maximum Gasteiger partial charge on any atom is 0.168 e. The third kappa shape index (κ3) is 2.54. The maximum absolute atomic E-state index is 9.73. The van der Waals surface area contributed by atoms with Crippen molar-refractivity contribution in [2.45, 2.75) is 25.7 Å². The zero-order valence-electron chi connectivity index (χ0n) is 11.5. The summed E-state index contributed by atoms with van der Waals surface area (Å²) in [6, 6.07) is 0. The minimum Gasteiger partial charge on any atom is -0.504 e. The number of aliphatic hydroxyl groups is 1. The molecule has 21 heavy (non-hydrogen) atoms. The van der Waals surface area contributed by atoms with Gasteiger partial charge in [0, 0.05) is 4.88 Å². The lowest BCUT2D eigenvalue weighted by atomic mass is 9.97. The Balaban J connectivity index is 2.15. The topological polar surface area (TPSA) is 84.4 Å². The Hall–Kier alpha value is -2.21. The monoisotopic (exact) mass is 300 g/mol. The van der Waals surface area contributed by atoms with Crippen LogP contribution < -0.4 is 5.73 Å². The molecule has 0 fully saturated rings. The van der Waals surface area contributed by atoms with Crippen LogP contribution in [0.25, 0.3) is 10.2 Å². The van der Waals surface area contributed by atoms with Gasteiger partial charge in [0.25, 0.3) is 0 Å². The van der Waals surface area contributed by atoms with E-state index in [0.29, 0.717) is 5.82 Å². The third-order valence-corrected chi connectivity index (χ3v) is 4.70. The molecule has 1 aliphatic rings. The number of hydrogen-bond acceptors (Lipinski definition) is 5. The first-order chi connectivity index (χ1) is 10.2. The number of aromatic nitrogens is 2. The van der Waals surface area contributed by atoms with E-state index >= 15 is 0 Å². The van der Waals surface area contributed by atoms with Crippen LogP contribution in [-0.2, 0) is 12.8 Å². The van der Waals surface area contributed by atoms with Crippen molar-refractivity contribution in [1.82, 2.24) is 9.97 Å². The van der Waals surface area contributed by atoms with E-state index in [1.807, 2.05) is 0 Å². The highest BCUT2D eigenvalue weighted by molar-refractivity contribution is 7.18. The van der Waals surface area contributed by atoms with Crippen molar-refractivity contribution < 1.29 is 5.11 Å². The minimum atomic E-state index is -0.110. The molecule has 2 heterocycles. The molecule has 0 spiro atoms. The van der Waals surface area contributed by atoms with E-state index in [0.717, 1.165) is 23.1 Å². The van der Waals surface area contributed by atoms with Crippen LogP contribution in [0, 0.1) is 0 Å². The molecule has 3 rings (SSSR count). The van der Waals surface area contributed by atoms with Gasteiger partial charge in [-0.1, -0.05) is 12.7 Å². The first kappa shape index (κ1) is 13.8. The minimum absolute atomic E-state index is 0.0330. The van der Waals surface area contributed by atoms with Gasteiger partial charge in [-0.05, 0) is 37.3 Å². The summed E-state index contributed by atoms with van der Waals surface area (Å²) < 4.78 is 0. The summed E-state index contributed by atoms with van der Waals surface area (Å²) in [5.74, 6) is 0.451. The molecule has 3 N–H and O–H groups in total. The molecule has 0 saturated carbocycles. The van der Waals surface area contributed by atoms with Crippen LogP contribution >= 0.6 is 11.3 Å². The maximum atomic E-state index is 9.73. The zero-order valence-corrected chi connectivity index (χ0v) is 12.4. The molecule has 108 valence electrons. The van der Waals surface area contributed by atoms with Crippen LogP contribution in [0.3, 0.4) is 0 Å². The molecule has 2 aromatic heterocycles. The number of fused-ring (bicyclic) bond motifs is 3. The summed E-state index contributed by atoms with van der Waals surface area (Å²) >= 11 is 1.71. The highest BCUT2D eigenvalue weighted by Gasteiger charge is 2.19. The van der Waals surface area contributed by atoms with E-state index in [1.54, 1.807) is 11.3 Å². The summed E-state index contributed by atoms with van der Waals surface area (Å²) in [5.41, 5.74) is 7.09. The number of allylic oxidation sites excluding steroid dienone is 2. The second-order valence-electron chi connectivity index (χ2n) is 4.87. The van der Waals surface area contributed by atoms with Crippen molar-refractivity contribution in [2.75, 3.05) is 0 Å². The molecule has 0 amide bonds. The summed E-state index contributed by atoms with van der Waals surface area (Å²) in [5, 5.41) is 10.7. The average molecular weight is 300 g/mol. The molecule has 2 aromatic rings. The van der Waals surface area contributed by atoms with Gasteiger partial charge >= 0.3 is 0 Å².